The Morgan fingerprint density at radius 2 is 1.56 bits per heavy atom. The second-order valence-electron chi connectivity index (χ2n) is 9.81. The number of alkyl halides is 3. The monoisotopic (exact) mass is 533 g/mol. The summed E-state index contributed by atoms with van der Waals surface area (Å²) in [6.07, 6.45) is -3.07. The average molecular weight is 534 g/mol. The van der Waals surface area contributed by atoms with Crippen molar-refractivity contribution in [1.82, 2.24) is 0 Å². The predicted octanol–water partition coefficient (Wildman–Crippen LogP) is 6.85. The fourth-order valence-corrected chi connectivity index (χ4v) is 5.71. The van der Waals surface area contributed by atoms with Crippen LogP contribution < -0.4 is 15.1 Å². The zero-order chi connectivity index (χ0) is 27.7. The molecule has 0 fully saturated rings. The number of carbonyl (C=O) groups is 2. The topological polar surface area (TPSA) is 52.6 Å². The Hall–Kier alpha value is -4.07. The minimum atomic E-state index is -5.12. The third kappa shape index (κ3) is 5.03. The van der Waals surface area contributed by atoms with Crippen molar-refractivity contribution in [3.05, 3.63) is 102 Å². The third-order valence-corrected chi connectivity index (χ3v) is 7.57. The zero-order valence-corrected chi connectivity index (χ0v) is 21.8. The summed E-state index contributed by atoms with van der Waals surface area (Å²) in [4.78, 5) is 29.8. The summed E-state index contributed by atoms with van der Waals surface area (Å²) in [6, 6.07) is 21.8. The summed E-state index contributed by atoms with van der Waals surface area (Å²) in [6.45, 7) is 5.93. The van der Waals surface area contributed by atoms with E-state index < -0.39 is 24.0 Å². The molecule has 202 valence electrons. The molecule has 0 spiro atoms. The van der Waals surface area contributed by atoms with E-state index >= 15 is 0 Å². The molecule has 1 aliphatic heterocycles. The van der Waals surface area contributed by atoms with Gasteiger partial charge in [-0.15, -0.1) is 0 Å². The number of hydrogen-bond acceptors (Lipinski definition) is 4. The normalized spacial score (nSPS) is 20.7. The van der Waals surface area contributed by atoms with Crippen LogP contribution in [0.4, 0.5) is 30.2 Å². The van der Waals surface area contributed by atoms with Crippen LogP contribution in [0.2, 0.25) is 0 Å². The van der Waals surface area contributed by atoms with Crippen molar-refractivity contribution in [3.8, 4) is 0 Å². The van der Waals surface area contributed by atoms with Crippen LogP contribution in [-0.4, -0.2) is 31.0 Å². The van der Waals surface area contributed by atoms with Gasteiger partial charge in [-0.25, -0.2) is 0 Å². The predicted molar refractivity (Wildman–Crippen MR) is 147 cm³/mol. The lowest BCUT2D eigenvalue weighted by Gasteiger charge is -2.37. The van der Waals surface area contributed by atoms with E-state index in [1.165, 1.54) is 6.07 Å². The largest absolute Gasteiger partial charge is 0.471 e. The smallest absolute Gasteiger partial charge is 0.372 e. The summed E-state index contributed by atoms with van der Waals surface area (Å²) in [5.74, 6) is -3.47. The van der Waals surface area contributed by atoms with E-state index in [1.54, 1.807) is 48.5 Å². The Morgan fingerprint density at radius 3 is 2.21 bits per heavy atom. The van der Waals surface area contributed by atoms with Gasteiger partial charge in [0.15, 0.2) is 0 Å². The molecule has 3 aromatic carbocycles. The molecule has 3 aromatic rings. The highest BCUT2D eigenvalue weighted by atomic mass is 19.4. The van der Waals surface area contributed by atoms with Gasteiger partial charge in [-0.3, -0.25) is 14.5 Å². The zero-order valence-electron chi connectivity index (χ0n) is 21.8. The number of allylic oxidation sites excluding steroid dienone is 1. The van der Waals surface area contributed by atoms with E-state index in [1.807, 2.05) is 30.3 Å². The molecule has 0 unspecified atom stereocenters. The Bertz CT molecular complexity index is 1380. The van der Waals surface area contributed by atoms with Crippen LogP contribution in [0, 0.1) is 5.92 Å². The molecule has 5 nitrogen and oxygen atoms in total. The molecule has 1 aliphatic carbocycles. The Labute approximate surface area is 225 Å². The first kappa shape index (κ1) is 26.5. The molecule has 0 saturated carbocycles. The molecule has 0 bridgehead atoms. The van der Waals surface area contributed by atoms with Crippen LogP contribution in [0.1, 0.15) is 43.4 Å². The lowest BCUT2D eigenvalue weighted by Crippen LogP contribution is -2.47. The molecule has 5 rings (SSSR count). The number of anilines is 3. The van der Waals surface area contributed by atoms with Gasteiger partial charge in [-0.05, 0) is 49.2 Å². The number of carbonyl (C=O) groups excluding carboxylic acids is 2. The quantitative estimate of drug-likeness (QED) is 0.390. The van der Waals surface area contributed by atoms with Crippen molar-refractivity contribution >= 4 is 28.8 Å². The Balaban J connectivity index is 1.64. The number of para-hydroxylation sites is 2. The van der Waals surface area contributed by atoms with Gasteiger partial charge in [0.2, 0.25) is 0 Å². The maximum Gasteiger partial charge on any atom is 0.471 e. The maximum atomic E-state index is 14.0. The molecule has 8 heteroatoms. The number of halogens is 3. The van der Waals surface area contributed by atoms with Crippen LogP contribution in [0.5, 0.6) is 0 Å². The molecule has 0 aromatic heterocycles. The van der Waals surface area contributed by atoms with E-state index in [4.69, 9.17) is 0 Å². The molecule has 2 aliphatic rings. The van der Waals surface area contributed by atoms with Gasteiger partial charge in [-0.2, -0.15) is 13.2 Å². The number of rotatable bonds is 5. The van der Waals surface area contributed by atoms with Crippen LogP contribution in [-0.2, 0) is 9.59 Å². The minimum Gasteiger partial charge on any atom is -0.372 e. The average Bonchev–Trinajstić information content (AvgIpc) is 3.08. The van der Waals surface area contributed by atoms with Gasteiger partial charge in [0.25, 0.3) is 0 Å². The first-order valence-corrected chi connectivity index (χ1v) is 13.1. The minimum absolute atomic E-state index is 0.0805. The van der Waals surface area contributed by atoms with Crippen molar-refractivity contribution in [2.24, 2.45) is 5.92 Å². The number of hydrogen-bond donors (Lipinski definition) is 1. The van der Waals surface area contributed by atoms with Crippen LogP contribution in [0.3, 0.4) is 0 Å². The second-order valence-corrected chi connectivity index (χ2v) is 9.81. The summed E-state index contributed by atoms with van der Waals surface area (Å²) >= 11 is 0. The molecule has 0 radical (unpaired) electrons. The fourth-order valence-electron chi connectivity index (χ4n) is 5.71. The molecular formula is C31H30F3N3O2. The number of benzene rings is 3. The molecular weight excluding hydrogens is 503 g/mol. The molecule has 39 heavy (non-hydrogen) atoms. The highest BCUT2D eigenvalue weighted by molar-refractivity contribution is 6.03. The number of nitrogens with zero attached hydrogens (tertiary/aromatic N) is 2. The maximum absolute atomic E-state index is 14.0. The highest BCUT2D eigenvalue weighted by Crippen LogP contribution is 2.48. The summed E-state index contributed by atoms with van der Waals surface area (Å²) in [5.41, 5.74) is 3.42. The van der Waals surface area contributed by atoms with Crippen molar-refractivity contribution in [3.63, 3.8) is 0 Å². The van der Waals surface area contributed by atoms with Gasteiger partial charge in [0.05, 0.1) is 23.3 Å². The van der Waals surface area contributed by atoms with Gasteiger partial charge in [-0.1, -0.05) is 60.7 Å². The lowest BCUT2D eigenvalue weighted by atomic mass is 9.76. The molecule has 0 saturated heterocycles. The van der Waals surface area contributed by atoms with Crippen LogP contribution >= 0.6 is 0 Å². The van der Waals surface area contributed by atoms with Gasteiger partial charge in [0.1, 0.15) is 5.78 Å². The summed E-state index contributed by atoms with van der Waals surface area (Å²) in [5, 5.41) is 3.25. The van der Waals surface area contributed by atoms with E-state index in [0.29, 0.717) is 16.9 Å². The first-order chi connectivity index (χ1) is 18.7. The molecule has 1 heterocycles. The fraction of sp³-hybridized carbons (Fsp3) is 0.290. The SMILES string of the molecule is CCN(CC)c1ccc([C@H]2C=C3Nc4ccccc4N(C(=O)C(F)(F)F)[C@@H](c4ccccc4)[C@@H]3C(=O)C2)cc1. The number of amides is 1. The number of nitrogens with one attached hydrogen (secondary N) is 1. The van der Waals surface area contributed by atoms with Crippen LogP contribution in [0.15, 0.2) is 90.6 Å². The van der Waals surface area contributed by atoms with E-state index in [-0.39, 0.29) is 23.8 Å². The number of ketones is 1. The van der Waals surface area contributed by atoms with E-state index in [2.05, 4.69) is 24.1 Å². The van der Waals surface area contributed by atoms with Crippen molar-refractivity contribution in [2.45, 2.75) is 38.4 Å². The Kier molecular flexibility index (Phi) is 7.21. The molecule has 1 amide bonds. The van der Waals surface area contributed by atoms with E-state index in [9.17, 15) is 22.8 Å². The molecule has 3 atom stereocenters. The van der Waals surface area contributed by atoms with Gasteiger partial charge >= 0.3 is 12.1 Å². The van der Waals surface area contributed by atoms with Gasteiger partial charge in [0, 0.05) is 36.8 Å². The number of Topliss-reactive ketones (excluding diaryl/α,β-unsaturated/α-hetero) is 1. The number of fused-ring (bicyclic) bond motifs is 2. The highest BCUT2D eigenvalue weighted by Gasteiger charge is 2.51. The Morgan fingerprint density at radius 1 is 0.923 bits per heavy atom. The second kappa shape index (κ2) is 10.6. The van der Waals surface area contributed by atoms with Crippen molar-refractivity contribution < 1.29 is 22.8 Å². The van der Waals surface area contributed by atoms with Crippen molar-refractivity contribution in [2.75, 3.05) is 28.2 Å². The summed E-state index contributed by atoms with van der Waals surface area (Å²) in [7, 11) is 0. The standard InChI is InChI=1S/C31H30F3N3O2/c1-3-36(4-2)23-16-14-20(15-17-23)22-18-25-28(27(38)19-22)29(21-10-6-5-7-11-21)37(30(39)31(32,33)34)26-13-9-8-12-24(26)35-25/h5-18,22,28-29,35H,3-4,19H2,1-2H3/t22-,28-,29-/m0/s1. The van der Waals surface area contributed by atoms with Gasteiger partial charge < -0.3 is 10.2 Å². The summed E-state index contributed by atoms with van der Waals surface area (Å²) < 4.78 is 41.9. The van der Waals surface area contributed by atoms with E-state index in [0.717, 1.165) is 29.2 Å². The lowest BCUT2D eigenvalue weighted by molar-refractivity contribution is -0.171. The van der Waals surface area contributed by atoms with Crippen molar-refractivity contribution in [1.29, 1.82) is 0 Å². The first-order valence-electron chi connectivity index (χ1n) is 13.1. The van der Waals surface area contributed by atoms with Crippen LogP contribution in [0.25, 0.3) is 0 Å². The molecule has 1 N–H and O–H groups in total. The third-order valence-electron chi connectivity index (χ3n) is 7.57.